The molecule has 7 heteroatoms. The van der Waals surface area contributed by atoms with Gasteiger partial charge in [-0.15, -0.1) is 23.1 Å². The lowest BCUT2D eigenvalue weighted by Gasteiger charge is -2.08. The second kappa shape index (κ2) is 8.75. The molecule has 4 aromatic rings. The van der Waals surface area contributed by atoms with Crippen LogP contribution in [-0.4, -0.2) is 32.7 Å². The number of carbonyl (C=O) groups excluding carboxylic acids is 1. The minimum atomic E-state index is 0.0818. The summed E-state index contributed by atoms with van der Waals surface area (Å²) in [6.45, 7) is 3.55. The Morgan fingerprint density at radius 3 is 2.75 bits per heavy atom. The van der Waals surface area contributed by atoms with Crippen LogP contribution in [-0.2, 0) is 17.1 Å². The molecule has 1 amide bonds. The van der Waals surface area contributed by atoms with Crippen LogP contribution in [0, 0.1) is 6.92 Å². The molecule has 2 aromatic heterocycles. The predicted molar refractivity (Wildman–Crippen MR) is 118 cm³/mol. The van der Waals surface area contributed by atoms with E-state index in [1.165, 1.54) is 4.70 Å². The molecular formula is C21H22N4OS2. The van der Waals surface area contributed by atoms with Gasteiger partial charge >= 0.3 is 0 Å². The molecule has 2 heterocycles. The zero-order valence-corrected chi connectivity index (χ0v) is 17.4. The van der Waals surface area contributed by atoms with Crippen LogP contribution in [0.5, 0.6) is 0 Å². The number of fused-ring (bicyclic) bond motifs is 2. The van der Waals surface area contributed by atoms with Crippen molar-refractivity contribution in [2.45, 2.75) is 25.6 Å². The number of hydrogen-bond acceptors (Lipinski definition) is 5. The van der Waals surface area contributed by atoms with E-state index in [0.29, 0.717) is 12.3 Å². The van der Waals surface area contributed by atoms with E-state index in [-0.39, 0.29) is 5.91 Å². The molecule has 2 aromatic carbocycles. The number of para-hydroxylation sites is 3. The maximum Gasteiger partial charge on any atom is 0.230 e. The summed E-state index contributed by atoms with van der Waals surface area (Å²) in [6, 6.07) is 16.3. The number of aromatic nitrogens is 3. The van der Waals surface area contributed by atoms with Crippen molar-refractivity contribution < 1.29 is 4.79 Å². The van der Waals surface area contributed by atoms with Crippen LogP contribution in [0.4, 0.5) is 0 Å². The number of hydrogen-bond donors (Lipinski definition) is 1. The van der Waals surface area contributed by atoms with E-state index in [9.17, 15) is 4.79 Å². The van der Waals surface area contributed by atoms with Crippen LogP contribution in [0.25, 0.3) is 21.3 Å². The summed E-state index contributed by atoms with van der Waals surface area (Å²) in [5.74, 6) is 2.33. The predicted octanol–water partition coefficient (Wildman–Crippen LogP) is 4.39. The monoisotopic (exact) mass is 410 g/mol. The van der Waals surface area contributed by atoms with Gasteiger partial charge in [-0.05, 0) is 37.6 Å². The topological polar surface area (TPSA) is 59.8 Å². The molecule has 0 aliphatic rings. The standard InChI is InChI=1S/C21H22N4OS2/c1-15-23-16-7-2-4-9-18(16)25(15)12-6-11-22-20(26)13-27-14-21-24-17-8-3-5-10-19(17)28-21/h2-5,7-10H,6,11-14H2,1H3,(H,22,26). The Morgan fingerprint density at radius 2 is 1.89 bits per heavy atom. The summed E-state index contributed by atoms with van der Waals surface area (Å²) in [5, 5.41) is 4.09. The summed E-state index contributed by atoms with van der Waals surface area (Å²) in [6.07, 6.45) is 0.884. The van der Waals surface area contributed by atoms with Gasteiger partial charge in [0.1, 0.15) is 10.8 Å². The fraction of sp³-hybridized carbons (Fsp3) is 0.286. The van der Waals surface area contributed by atoms with Crippen LogP contribution in [0.2, 0.25) is 0 Å². The number of thioether (sulfide) groups is 1. The average molecular weight is 411 g/mol. The minimum Gasteiger partial charge on any atom is -0.355 e. The zero-order valence-electron chi connectivity index (χ0n) is 15.7. The van der Waals surface area contributed by atoms with E-state index in [0.717, 1.165) is 46.1 Å². The van der Waals surface area contributed by atoms with Gasteiger partial charge in [0.2, 0.25) is 5.91 Å². The van der Waals surface area contributed by atoms with E-state index >= 15 is 0 Å². The molecule has 0 bridgehead atoms. The fourth-order valence-corrected chi connectivity index (χ4v) is 5.08. The molecule has 0 radical (unpaired) electrons. The summed E-state index contributed by atoms with van der Waals surface area (Å²) in [4.78, 5) is 21.3. The maximum atomic E-state index is 12.1. The van der Waals surface area contributed by atoms with E-state index in [4.69, 9.17) is 0 Å². The molecule has 0 fully saturated rings. The van der Waals surface area contributed by atoms with Gasteiger partial charge in [0, 0.05) is 18.8 Å². The number of imidazole rings is 1. The molecule has 0 atom stereocenters. The first kappa shape index (κ1) is 19.0. The van der Waals surface area contributed by atoms with Gasteiger partial charge in [0.05, 0.1) is 27.0 Å². The van der Waals surface area contributed by atoms with Gasteiger partial charge in [-0.3, -0.25) is 4.79 Å². The lowest BCUT2D eigenvalue weighted by Crippen LogP contribution is -2.27. The molecule has 0 saturated carbocycles. The number of aryl methyl sites for hydroxylation is 2. The smallest absolute Gasteiger partial charge is 0.230 e. The van der Waals surface area contributed by atoms with Gasteiger partial charge in [-0.2, -0.15) is 0 Å². The van der Waals surface area contributed by atoms with E-state index in [1.807, 2.05) is 43.3 Å². The fourth-order valence-electron chi connectivity index (χ4n) is 3.21. The van der Waals surface area contributed by atoms with Gasteiger partial charge in [-0.25, -0.2) is 9.97 Å². The number of rotatable bonds is 8. The molecule has 5 nitrogen and oxygen atoms in total. The van der Waals surface area contributed by atoms with Crippen molar-refractivity contribution in [1.82, 2.24) is 19.9 Å². The van der Waals surface area contributed by atoms with E-state index < -0.39 is 0 Å². The van der Waals surface area contributed by atoms with Crippen molar-refractivity contribution in [3.05, 3.63) is 59.4 Å². The number of nitrogens with one attached hydrogen (secondary N) is 1. The van der Waals surface area contributed by atoms with Gasteiger partial charge < -0.3 is 9.88 Å². The quantitative estimate of drug-likeness (QED) is 0.438. The lowest BCUT2D eigenvalue weighted by molar-refractivity contribution is -0.118. The Morgan fingerprint density at radius 1 is 1.11 bits per heavy atom. The number of carbonyl (C=O) groups is 1. The van der Waals surface area contributed by atoms with Crippen molar-refractivity contribution in [1.29, 1.82) is 0 Å². The average Bonchev–Trinajstić information content (AvgIpc) is 3.25. The first-order valence-corrected chi connectivity index (χ1v) is 11.3. The van der Waals surface area contributed by atoms with Crippen molar-refractivity contribution in [3.63, 3.8) is 0 Å². The normalized spacial score (nSPS) is 11.3. The van der Waals surface area contributed by atoms with Crippen LogP contribution in [0.1, 0.15) is 17.3 Å². The second-order valence-corrected chi connectivity index (χ2v) is 8.67. The molecule has 28 heavy (non-hydrogen) atoms. The molecular weight excluding hydrogens is 388 g/mol. The second-order valence-electron chi connectivity index (χ2n) is 6.57. The third kappa shape index (κ3) is 4.36. The Bertz CT molecular complexity index is 1070. The highest BCUT2D eigenvalue weighted by molar-refractivity contribution is 7.99. The number of thiazole rings is 1. The van der Waals surface area contributed by atoms with Gasteiger partial charge in [-0.1, -0.05) is 24.3 Å². The SMILES string of the molecule is Cc1nc2ccccc2n1CCCNC(=O)CSCc1nc2ccccc2s1. The Labute approximate surface area is 172 Å². The summed E-state index contributed by atoms with van der Waals surface area (Å²) < 4.78 is 3.41. The van der Waals surface area contributed by atoms with Crippen molar-refractivity contribution in [3.8, 4) is 0 Å². The van der Waals surface area contributed by atoms with Crippen LogP contribution >= 0.6 is 23.1 Å². The highest BCUT2D eigenvalue weighted by Crippen LogP contribution is 2.24. The molecule has 0 saturated heterocycles. The van der Waals surface area contributed by atoms with Gasteiger partial charge in [0.25, 0.3) is 0 Å². The van der Waals surface area contributed by atoms with Crippen molar-refractivity contribution >= 4 is 50.3 Å². The van der Waals surface area contributed by atoms with Crippen molar-refractivity contribution in [2.24, 2.45) is 0 Å². The van der Waals surface area contributed by atoms with Crippen LogP contribution in [0.15, 0.2) is 48.5 Å². The first-order valence-electron chi connectivity index (χ1n) is 9.31. The molecule has 0 aliphatic carbocycles. The third-order valence-corrected chi connectivity index (χ3v) is 6.69. The summed E-state index contributed by atoms with van der Waals surface area (Å²) in [7, 11) is 0. The Balaban J connectivity index is 1.19. The summed E-state index contributed by atoms with van der Waals surface area (Å²) in [5.41, 5.74) is 3.21. The van der Waals surface area contributed by atoms with E-state index in [2.05, 4.69) is 32.0 Å². The zero-order chi connectivity index (χ0) is 19.3. The number of nitrogens with zero attached hydrogens (tertiary/aromatic N) is 3. The molecule has 0 aliphatic heterocycles. The maximum absolute atomic E-state index is 12.1. The highest BCUT2D eigenvalue weighted by Gasteiger charge is 2.08. The van der Waals surface area contributed by atoms with Crippen molar-refractivity contribution in [2.75, 3.05) is 12.3 Å². The number of benzene rings is 2. The molecule has 4 rings (SSSR count). The molecule has 0 spiro atoms. The minimum absolute atomic E-state index is 0.0818. The van der Waals surface area contributed by atoms with Crippen LogP contribution in [0.3, 0.4) is 0 Å². The number of amides is 1. The largest absolute Gasteiger partial charge is 0.355 e. The molecule has 1 N–H and O–H groups in total. The molecule has 144 valence electrons. The Kier molecular flexibility index (Phi) is 5.92. The molecule has 0 unspecified atom stereocenters. The Hall–Kier alpha value is -2.38. The van der Waals surface area contributed by atoms with Crippen LogP contribution < -0.4 is 5.32 Å². The van der Waals surface area contributed by atoms with Gasteiger partial charge in [0.15, 0.2) is 0 Å². The third-order valence-electron chi connectivity index (χ3n) is 4.52. The lowest BCUT2D eigenvalue weighted by atomic mass is 10.3. The highest BCUT2D eigenvalue weighted by atomic mass is 32.2. The van der Waals surface area contributed by atoms with E-state index in [1.54, 1.807) is 23.1 Å². The summed E-state index contributed by atoms with van der Waals surface area (Å²) >= 11 is 3.31. The first-order chi connectivity index (χ1) is 13.7.